The summed E-state index contributed by atoms with van der Waals surface area (Å²) in [6.07, 6.45) is 0. The molecule has 1 aromatic rings. The van der Waals surface area contributed by atoms with Crippen molar-refractivity contribution in [3.05, 3.63) is 33.4 Å². The van der Waals surface area contributed by atoms with Gasteiger partial charge in [0.1, 0.15) is 0 Å². The van der Waals surface area contributed by atoms with E-state index in [0.29, 0.717) is 17.6 Å². The van der Waals surface area contributed by atoms with Gasteiger partial charge in [-0.3, -0.25) is 4.79 Å². The molecule has 1 aliphatic carbocycles. The molecule has 2 nitrogen and oxygen atoms in total. The number of hydrogen-bond acceptors (Lipinski definition) is 2. The molecule has 1 saturated carbocycles. The summed E-state index contributed by atoms with van der Waals surface area (Å²) in [5, 5.41) is 0. The lowest BCUT2D eigenvalue weighted by atomic mass is 10.1. The van der Waals surface area contributed by atoms with Crippen molar-refractivity contribution in [1.29, 1.82) is 0 Å². The van der Waals surface area contributed by atoms with E-state index in [1.54, 1.807) is 0 Å². The first kappa shape index (κ1) is 9.78. The Bertz CT molecular complexity index is 389. The summed E-state index contributed by atoms with van der Waals surface area (Å²) < 4.78 is 6.46. The van der Waals surface area contributed by atoms with Crippen molar-refractivity contribution >= 4 is 28.4 Å². The second-order valence-electron chi connectivity index (χ2n) is 4.26. The van der Waals surface area contributed by atoms with E-state index in [4.69, 9.17) is 4.74 Å². The lowest BCUT2D eigenvalue weighted by Gasteiger charge is -2.03. The summed E-state index contributed by atoms with van der Waals surface area (Å²) in [4.78, 5) is 12.1. The van der Waals surface area contributed by atoms with E-state index in [2.05, 4.69) is 22.6 Å². The topological polar surface area (TPSA) is 26.3 Å². The smallest absolute Gasteiger partial charge is 0.166 e. The fraction of sp³-hybridized carbons (Fsp3) is 0.417. The number of fused-ring (bicyclic) bond motifs is 1. The minimum absolute atomic E-state index is 0.249. The van der Waals surface area contributed by atoms with Crippen molar-refractivity contribution in [2.75, 3.05) is 13.2 Å². The Morgan fingerprint density at radius 1 is 1.20 bits per heavy atom. The Labute approximate surface area is 102 Å². The molecular formula is C12H11IO2. The summed E-state index contributed by atoms with van der Waals surface area (Å²) in [5.74, 6) is 1.58. The predicted molar refractivity (Wildman–Crippen MR) is 64.8 cm³/mol. The zero-order valence-electron chi connectivity index (χ0n) is 8.15. The highest BCUT2D eigenvalue weighted by Gasteiger charge is 2.57. The van der Waals surface area contributed by atoms with Crippen LogP contribution in [0.2, 0.25) is 0 Å². The van der Waals surface area contributed by atoms with Gasteiger partial charge in [0.25, 0.3) is 0 Å². The molecule has 1 aromatic carbocycles. The third-order valence-electron chi connectivity index (χ3n) is 3.38. The van der Waals surface area contributed by atoms with Gasteiger partial charge in [-0.25, -0.2) is 0 Å². The average molecular weight is 314 g/mol. The van der Waals surface area contributed by atoms with Gasteiger partial charge < -0.3 is 4.74 Å². The maximum Gasteiger partial charge on any atom is 0.166 e. The number of hydrogen-bond donors (Lipinski definition) is 0. The Hall–Kier alpha value is -0.420. The van der Waals surface area contributed by atoms with Crippen LogP contribution in [-0.2, 0) is 4.74 Å². The maximum absolute atomic E-state index is 12.1. The third kappa shape index (κ3) is 1.61. The molecule has 2 unspecified atom stereocenters. The minimum Gasteiger partial charge on any atom is -0.381 e. The molecule has 2 aliphatic rings. The molecule has 2 fully saturated rings. The first-order valence-electron chi connectivity index (χ1n) is 5.15. The standard InChI is InChI=1S/C12H11IO2/c13-8-3-1-7(2-4-8)12(14)11-9-5-15-6-10(9)11/h1-4,9-11H,5-6H2. The molecule has 0 bridgehead atoms. The van der Waals surface area contributed by atoms with Gasteiger partial charge in [0, 0.05) is 15.1 Å². The molecule has 1 saturated heterocycles. The molecule has 2 atom stereocenters. The van der Waals surface area contributed by atoms with E-state index < -0.39 is 0 Å². The van der Waals surface area contributed by atoms with Crippen molar-refractivity contribution in [2.45, 2.75) is 0 Å². The van der Waals surface area contributed by atoms with Gasteiger partial charge in [-0.15, -0.1) is 0 Å². The fourth-order valence-corrected chi connectivity index (χ4v) is 2.79. The number of ether oxygens (including phenoxy) is 1. The third-order valence-corrected chi connectivity index (χ3v) is 4.10. The summed E-state index contributed by atoms with van der Waals surface area (Å²) >= 11 is 2.25. The molecule has 1 aliphatic heterocycles. The highest BCUT2D eigenvalue weighted by atomic mass is 127. The molecule has 0 radical (unpaired) electrons. The molecule has 3 heteroatoms. The SMILES string of the molecule is O=C(c1ccc(I)cc1)C1C2COCC21. The van der Waals surface area contributed by atoms with Gasteiger partial charge >= 0.3 is 0 Å². The van der Waals surface area contributed by atoms with E-state index in [1.807, 2.05) is 24.3 Å². The molecule has 15 heavy (non-hydrogen) atoms. The molecule has 0 N–H and O–H groups in total. The van der Waals surface area contributed by atoms with Gasteiger partial charge in [0.05, 0.1) is 13.2 Å². The highest BCUT2D eigenvalue weighted by Crippen LogP contribution is 2.52. The average Bonchev–Trinajstić information content (AvgIpc) is 2.72. The van der Waals surface area contributed by atoms with Gasteiger partial charge in [0.15, 0.2) is 5.78 Å². The number of halogens is 1. The van der Waals surface area contributed by atoms with Crippen LogP contribution in [0.5, 0.6) is 0 Å². The Balaban J connectivity index is 1.78. The van der Waals surface area contributed by atoms with E-state index >= 15 is 0 Å². The molecule has 3 rings (SSSR count). The zero-order valence-corrected chi connectivity index (χ0v) is 10.3. The first-order valence-corrected chi connectivity index (χ1v) is 6.23. The fourth-order valence-electron chi connectivity index (χ4n) is 2.44. The summed E-state index contributed by atoms with van der Waals surface area (Å²) in [5.41, 5.74) is 0.856. The molecule has 1 heterocycles. The summed E-state index contributed by atoms with van der Waals surface area (Å²) in [6.45, 7) is 1.57. The molecule has 78 valence electrons. The number of benzene rings is 1. The van der Waals surface area contributed by atoms with Crippen LogP contribution in [0, 0.1) is 21.3 Å². The zero-order chi connectivity index (χ0) is 10.4. The minimum atomic E-state index is 0.249. The molecule has 0 amide bonds. The van der Waals surface area contributed by atoms with Crippen molar-refractivity contribution in [3.63, 3.8) is 0 Å². The quantitative estimate of drug-likeness (QED) is 0.619. The number of carbonyl (C=O) groups is 1. The summed E-state index contributed by atoms with van der Waals surface area (Å²) in [6, 6.07) is 7.84. The van der Waals surface area contributed by atoms with Crippen LogP contribution in [-0.4, -0.2) is 19.0 Å². The molecule has 0 spiro atoms. The largest absolute Gasteiger partial charge is 0.381 e. The van der Waals surface area contributed by atoms with Crippen LogP contribution in [0.25, 0.3) is 0 Å². The highest BCUT2D eigenvalue weighted by molar-refractivity contribution is 14.1. The van der Waals surface area contributed by atoms with Crippen molar-refractivity contribution < 1.29 is 9.53 Å². The van der Waals surface area contributed by atoms with Crippen molar-refractivity contribution in [2.24, 2.45) is 17.8 Å². The Morgan fingerprint density at radius 2 is 1.80 bits per heavy atom. The van der Waals surface area contributed by atoms with Gasteiger partial charge in [-0.05, 0) is 46.6 Å². The molecular weight excluding hydrogens is 303 g/mol. The van der Waals surface area contributed by atoms with Crippen LogP contribution >= 0.6 is 22.6 Å². The first-order chi connectivity index (χ1) is 7.27. The normalized spacial score (nSPS) is 32.5. The van der Waals surface area contributed by atoms with Crippen molar-refractivity contribution in [1.82, 2.24) is 0 Å². The van der Waals surface area contributed by atoms with Crippen LogP contribution in [0.3, 0.4) is 0 Å². The molecule has 0 aromatic heterocycles. The van der Waals surface area contributed by atoms with E-state index in [9.17, 15) is 4.79 Å². The van der Waals surface area contributed by atoms with Crippen LogP contribution < -0.4 is 0 Å². The monoisotopic (exact) mass is 314 g/mol. The van der Waals surface area contributed by atoms with Gasteiger partial charge in [-0.2, -0.15) is 0 Å². The second-order valence-corrected chi connectivity index (χ2v) is 5.51. The van der Waals surface area contributed by atoms with Crippen molar-refractivity contribution in [3.8, 4) is 0 Å². The number of rotatable bonds is 2. The van der Waals surface area contributed by atoms with Gasteiger partial charge in [0.2, 0.25) is 0 Å². The van der Waals surface area contributed by atoms with E-state index in [-0.39, 0.29) is 5.92 Å². The maximum atomic E-state index is 12.1. The van der Waals surface area contributed by atoms with Gasteiger partial charge in [-0.1, -0.05) is 12.1 Å². The number of carbonyl (C=O) groups excluding carboxylic acids is 1. The van der Waals surface area contributed by atoms with Crippen LogP contribution in [0.4, 0.5) is 0 Å². The lowest BCUT2D eigenvalue weighted by Crippen LogP contribution is -2.09. The second kappa shape index (κ2) is 3.56. The number of ketones is 1. The lowest BCUT2D eigenvalue weighted by molar-refractivity contribution is 0.0893. The van der Waals surface area contributed by atoms with E-state index in [1.165, 1.54) is 3.57 Å². The van der Waals surface area contributed by atoms with E-state index in [0.717, 1.165) is 18.8 Å². The Morgan fingerprint density at radius 3 is 2.40 bits per heavy atom. The predicted octanol–water partition coefficient (Wildman–Crippen LogP) is 2.37. The van der Waals surface area contributed by atoms with Crippen LogP contribution in [0.15, 0.2) is 24.3 Å². The van der Waals surface area contributed by atoms with Crippen LogP contribution in [0.1, 0.15) is 10.4 Å². The number of Topliss-reactive ketones (excluding diaryl/α,β-unsaturated/α-hetero) is 1. The summed E-state index contributed by atoms with van der Waals surface area (Å²) in [7, 11) is 0. The Kier molecular flexibility index (Phi) is 2.32.